The van der Waals surface area contributed by atoms with Gasteiger partial charge in [0.1, 0.15) is 57.8 Å². The Balaban J connectivity index is 0.000000120. The molecule has 10 heterocycles. The molecule has 0 atom stereocenters. The molecular formula is C89H69F5N14O24. The van der Waals surface area contributed by atoms with Gasteiger partial charge in [-0.3, -0.25) is 25.6 Å². The van der Waals surface area contributed by atoms with Crippen molar-refractivity contribution in [1.82, 2.24) is 22.8 Å². The van der Waals surface area contributed by atoms with Crippen molar-refractivity contribution in [2.24, 2.45) is 25.9 Å². The number of benzene rings is 10. The summed E-state index contributed by atoms with van der Waals surface area (Å²) >= 11 is 0. The molecule has 0 saturated heterocycles. The minimum atomic E-state index is -0.591. The number of halogens is 5. The zero-order chi connectivity index (χ0) is 93.0. The largest absolute Gasteiger partial charge is 0.493 e. The summed E-state index contributed by atoms with van der Waals surface area (Å²) in [7, 11) is 0. The Hall–Kier alpha value is -16.7. The fourth-order valence-electron chi connectivity index (χ4n) is 16.2. The van der Waals surface area contributed by atoms with Crippen molar-refractivity contribution < 1.29 is 110 Å². The first-order valence-corrected chi connectivity index (χ1v) is 39.4. The van der Waals surface area contributed by atoms with Gasteiger partial charge in [0, 0.05) is 119 Å². The number of nitroso groups, excluding NO2 is 5. The summed E-state index contributed by atoms with van der Waals surface area (Å²) in [6, 6.07) is 36.3. The van der Waals surface area contributed by atoms with Crippen LogP contribution in [0.1, 0.15) is 68.1 Å². The Morgan fingerprint density at radius 3 is 1.05 bits per heavy atom. The van der Waals surface area contributed by atoms with Gasteiger partial charge in [0.2, 0.25) is 35.3 Å². The first-order chi connectivity index (χ1) is 63.8. The average Bonchev–Trinajstić information content (AvgIpc) is 1.62. The highest BCUT2D eigenvalue weighted by molar-refractivity contribution is 6.02. The molecule has 43 heteroatoms. The van der Waals surface area contributed by atoms with Gasteiger partial charge in [-0.15, -0.1) is 31.0 Å². The summed E-state index contributed by atoms with van der Waals surface area (Å²) < 4.78 is 130. The first kappa shape index (κ1) is 88.8. The SMILES string of the molecule is C#Cc1cccc2c1c(N=O)c(O)n2Cc1cc(F)cc2c1OCOC2.CC(=O)Nc1ccc2c(N=O)c(O)n(Cc3cc(F)cc4c3OCOC4)c2c1.Nc1ccc2c(N=O)c(O)n(Cc3cc(F)cc4c3OCOC4)c2c1.O=Nc1c(O)n(Cc2cc(F)cc3c2OCOC3)c2cc(NO)ccc12.O=Nc1c(O)n(Cc2cc(F)cc3c2OCOC3)c2cc([N+](=O)[O-])ccc12. The lowest BCUT2D eigenvalue weighted by Gasteiger charge is -2.21. The number of non-ortho nitro benzene ring substituents is 1. The van der Waals surface area contributed by atoms with Crippen LogP contribution in [0, 0.1) is 76.1 Å². The summed E-state index contributed by atoms with van der Waals surface area (Å²) in [5.41, 5.74) is 16.0. The Morgan fingerprint density at radius 1 is 0.424 bits per heavy atom. The molecule has 0 saturated carbocycles. The van der Waals surface area contributed by atoms with Crippen LogP contribution < -0.4 is 40.2 Å². The number of nitrogen functional groups attached to an aromatic ring is 1. The van der Waals surface area contributed by atoms with Crippen molar-refractivity contribution >= 4 is 112 Å². The van der Waals surface area contributed by atoms with E-state index >= 15 is 0 Å². The number of ether oxygens (including phenoxy) is 10. The van der Waals surface area contributed by atoms with Gasteiger partial charge in [0.15, 0.2) is 62.4 Å². The topological polar surface area (TPSA) is 496 Å². The maximum absolute atomic E-state index is 14.1. The lowest BCUT2D eigenvalue weighted by atomic mass is 10.1. The molecule has 5 aliphatic rings. The molecule has 132 heavy (non-hydrogen) atoms. The van der Waals surface area contributed by atoms with Crippen molar-refractivity contribution in [3.8, 4) is 70.5 Å². The number of nitro groups is 1. The van der Waals surface area contributed by atoms with E-state index in [9.17, 15) is 86.9 Å². The highest BCUT2D eigenvalue weighted by Crippen LogP contribution is 2.49. The number of hydrogen-bond acceptors (Lipinski definition) is 31. The van der Waals surface area contributed by atoms with Gasteiger partial charge in [-0.2, -0.15) is 0 Å². The summed E-state index contributed by atoms with van der Waals surface area (Å²) in [6.07, 6.45) is 5.49. The van der Waals surface area contributed by atoms with Crippen molar-refractivity contribution in [2.45, 2.75) is 72.7 Å². The van der Waals surface area contributed by atoms with Crippen LogP contribution in [0.4, 0.5) is 73.1 Å². The lowest BCUT2D eigenvalue weighted by molar-refractivity contribution is -0.384. The molecule has 10 N–H and O–H groups in total. The molecule has 38 nitrogen and oxygen atoms in total. The van der Waals surface area contributed by atoms with Crippen LogP contribution in [0.3, 0.4) is 0 Å². The number of amides is 1. The maximum atomic E-state index is 14.1. The van der Waals surface area contributed by atoms with Crippen LogP contribution >= 0.6 is 0 Å². The highest BCUT2D eigenvalue weighted by atomic mass is 19.1. The van der Waals surface area contributed by atoms with E-state index in [1.807, 2.05) is 5.48 Å². The summed E-state index contributed by atoms with van der Waals surface area (Å²) in [5, 5.41) is 91.6. The van der Waals surface area contributed by atoms with Gasteiger partial charge in [0.05, 0.1) is 104 Å². The van der Waals surface area contributed by atoms with E-state index in [2.05, 4.69) is 37.1 Å². The number of aromatic nitrogens is 5. The predicted molar refractivity (Wildman–Crippen MR) is 463 cm³/mol. The van der Waals surface area contributed by atoms with Crippen LogP contribution in [0.15, 0.2) is 178 Å². The van der Waals surface area contributed by atoms with Crippen molar-refractivity contribution in [1.29, 1.82) is 0 Å². The smallest absolute Gasteiger partial charge is 0.271 e. The monoisotopic (exact) mass is 1810 g/mol. The second kappa shape index (κ2) is 37.7. The fourth-order valence-corrected chi connectivity index (χ4v) is 16.2. The maximum Gasteiger partial charge on any atom is 0.271 e. The molecule has 5 aliphatic heterocycles. The van der Waals surface area contributed by atoms with Crippen molar-refractivity contribution in [3.05, 3.63) is 277 Å². The molecule has 0 radical (unpaired) electrons. The molecule has 10 aromatic carbocycles. The zero-order valence-electron chi connectivity index (χ0n) is 68.5. The summed E-state index contributed by atoms with van der Waals surface area (Å²) in [6.45, 7) is 2.81. The molecule has 5 aromatic heterocycles. The number of aromatic hydroxyl groups is 5. The second-order valence-corrected chi connectivity index (χ2v) is 29.9. The Labute approximate surface area is 737 Å². The van der Waals surface area contributed by atoms with E-state index in [-0.39, 0.29) is 174 Å². The van der Waals surface area contributed by atoms with Gasteiger partial charge >= 0.3 is 0 Å². The number of nitrogens with one attached hydrogen (secondary N) is 2. The van der Waals surface area contributed by atoms with Crippen molar-refractivity contribution in [2.75, 3.05) is 50.5 Å². The average molecular weight is 1810 g/mol. The Kier molecular flexibility index (Phi) is 25.4. The number of carbonyl (C=O) groups is 1. The number of rotatable bonds is 18. The van der Waals surface area contributed by atoms with E-state index < -0.39 is 39.9 Å². The third kappa shape index (κ3) is 17.4. The van der Waals surface area contributed by atoms with Gasteiger partial charge in [-0.1, -0.05) is 12.0 Å². The van der Waals surface area contributed by atoms with E-state index in [0.717, 1.165) is 0 Å². The molecule has 15 aromatic rings. The molecule has 0 aliphatic carbocycles. The van der Waals surface area contributed by atoms with Crippen LogP contribution in [0.2, 0.25) is 0 Å². The minimum absolute atomic E-state index is 0.00332. The predicted octanol–water partition coefficient (Wildman–Crippen LogP) is 18.2. The molecule has 674 valence electrons. The van der Waals surface area contributed by atoms with Gasteiger partial charge in [-0.05, 0) is 159 Å². The zero-order valence-corrected chi connectivity index (χ0v) is 68.5. The first-order valence-electron chi connectivity index (χ1n) is 39.4. The van der Waals surface area contributed by atoms with E-state index in [4.69, 9.17) is 64.7 Å². The van der Waals surface area contributed by atoms with Crippen LogP contribution in [0.25, 0.3) is 54.5 Å². The molecule has 0 bridgehead atoms. The molecule has 20 rings (SSSR count). The quantitative estimate of drug-likeness (QED) is 0.00962. The van der Waals surface area contributed by atoms with Crippen LogP contribution in [0.5, 0.6) is 58.1 Å². The summed E-state index contributed by atoms with van der Waals surface area (Å²) in [4.78, 5) is 77.8. The van der Waals surface area contributed by atoms with Crippen molar-refractivity contribution in [3.63, 3.8) is 0 Å². The number of nitro benzene ring substituents is 1. The second-order valence-electron chi connectivity index (χ2n) is 29.9. The number of nitrogens with zero attached hydrogens (tertiary/aromatic N) is 11. The van der Waals surface area contributed by atoms with E-state index in [1.165, 1.54) is 115 Å². The van der Waals surface area contributed by atoms with Gasteiger partial charge < -0.3 is 107 Å². The van der Waals surface area contributed by atoms with Crippen LogP contribution in [-0.4, -0.2) is 98.4 Å². The number of terminal acetylenes is 1. The number of fused-ring (bicyclic) bond motifs is 10. The Morgan fingerprint density at radius 2 is 0.727 bits per heavy atom. The number of anilines is 3. The molecule has 0 unspecified atom stereocenters. The Bertz CT molecular complexity index is 7270. The highest BCUT2D eigenvalue weighted by Gasteiger charge is 2.31. The number of hydrogen-bond donors (Lipinski definition) is 9. The minimum Gasteiger partial charge on any atom is -0.493 e. The number of carbonyl (C=O) groups excluding carboxylic acids is 1. The molecule has 1 amide bonds. The molecular weight excluding hydrogens is 1740 g/mol. The fraction of sp³-hybridized carbons (Fsp3) is 0.180. The molecule has 0 spiro atoms. The summed E-state index contributed by atoms with van der Waals surface area (Å²) in [5.74, 6) is 0.480. The van der Waals surface area contributed by atoms with Gasteiger partial charge in [0.25, 0.3) is 5.69 Å². The van der Waals surface area contributed by atoms with Crippen LogP contribution in [-0.2, 0) is 94.2 Å². The lowest BCUT2D eigenvalue weighted by Crippen LogP contribution is -2.14. The van der Waals surface area contributed by atoms with Gasteiger partial charge in [-0.25, -0.2) is 22.0 Å². The van der Waals surface area contributed by atoms with E-state index in [0.29, 0.717) is 151 Å². The standard InChI is InChI=1S/C19H16FN3O5.C19H13FN2O4.C17H12FN3O6.C17H14FN3O5.C17H14FN3O4/c1-10(24)21-14-2-3-15-16(6-14)23(19(25)17(15)22-26)7-11-4-13(20)5-12-8-27-9-28-18(11)12;1-2-11-4-3-5-15-16(11)17(21-24)19(23)22(15)8-12-6-14(20)7-13-9-25-10-26-18(12)13;18-11-3-9(16-10(4-11)7-26-8-27-16)6-20-14-5-12(21(24)25)1-2-13(14)15(19-23)17(20)22;18-11-3-9(16-10(4-11)7-25-8-26-16)6-21-14-5-12(19-23)1-2-13(14)15(20-24)17(21)22;18-11-3-9(16-10(4-11)7-24-8-25-16)6-21-14-5-12(19)1-2-13(14)15(20-23)17(21)22/h2-6,25H,7-9H2,1H3,(H,21,24);1,3-7,23H,8-10H2;1-5,22H,6-8H2;1-5,19,22-23H,6-8H2;1-5,22H,6-8,19H2. The third-order valence-corrected chi connectivity index (χ3v) is 21.8. The normalized spacial score (nSPS) is 13.2. The third-order valence-electron chi connectivity index (χ3n) is 21.8. The molecule has 0 fully saturated rings. The van der Waals surface area contributed by atoms with E-state index in [1.54, 1.807) is 66.7 Å². The number of nitrogens with two attached hydrogens (primary N) is 1.